The van der Waals surface area contributed by atoms with Gasteiger partial charge in [0.25, 0.3) is 0 Å². The topological polar surface area (TPSA) is 61.4 Å². The second kappa shape index (κ2) is 9.59. The van der Waals surface area contributed by atoms with E-state index < -0.39 is 6.10 Å². The van der Waals surface area contributed by atoms with Crippen LogP contribution in [0.2, 0.25) is 0 Å². The second-order valence-electron chi connectivity index (χ2n) is 6.20. The van der Waals surface area contributed by atoms with E-state index in [0.29, 0.717) is 32.0 Å². The first-order valence-electron chi connectivity index (χ1n) is 8.46. The average Bonchev–Trinajstić information content (AvgIpc) is 2.53. The normalized spacial score (nSPS) is 17.1. The summed E-state index contributed by atoms with van der Waals surface area (Å²) >= 11 is 0. The van der Waals surface area contributed by atoms with E-state index in [1.54, 1.807) is 0 Å². The van der Waals surface area contributed by atoms with E-state index in [0.717, 1.165) is 18.4 Å². The number of aliphatic hydroxyl groups is 1. The highest BCUT2D eigenvalue weighted by Crippen LogP contribution is 2.17. The van der Waals surface area contributed by atoms with Gasteiger partial charge in [0, 0.05) is 25.6 Å². The van der Waals surface area contributed by atoms with Crippen molar-refractivity contribution < 1.29 is 9.90 Å². The van der Waals surface area contributed by atoms with Crippen LogP contribution >= 0.6 is 0 Å². The van der Waals surface area contributed by atoms with Gasteiger partial charge in [0.15, 0.2) is 0 Å². The Morgan fingerprint density at radius 3 is 2.64 bits per heavy atom. The maximum absolute atomic E-state index is 11.8. The predicted molar refractivity (Wildman–Crippen MR) is 88.7 cm³/mol. The van der Waals surface area contributed by atoms with Gasteiger partial charge in [-0.15, -0.1) is 0 Å². The van der Waals surface area contributed by atoms with Gasteiger partial charge in [0.2, 0.25) is 5.91 Å². The molecule has 0 aromatic heterocycles. The number of amides is 1. The molecule has 1 atom stereocenters. The molecule has 4 heteroatoms. The Kier molecular flexibility index (Phi) is 7.40. The summed E-state index contributed by atoms with van der Waals surface area (Å²) in [4.78, 5) is 11.8. The molecule has 0 unspecified atom stereocenters. The molecule has 2 rings (SSSR count). The van der Waals surface area contributed by atoms with Crippen LogP contribution in [0.4, 0.5) is 0 Å². The Bertz CT molecular complexity index is 430. The minimum Gasteiger partial charge on any atom is -0.391 e. The van der Waals surface area contributed by atoms with Gasteiger partial charge in [-0.2, -0.15) is 0 Å². The first kappa shape index (κ1) is 17.0. The fourth-order valence-corrected chi connectivity index (χ4v) is 2.98. The molecule has 1 aliphatic carbocycles. The fourth-order valence-electron chi connectivity index (χ4n) is 2.98. The van der Waals surface area contributed by atoms with E-state index in [1.807, 2.05) is 30.3 Å². The second-order valence-corrected chi connectivity index (χ2v) is 6.20. The molecular weight excluding hydrogens is 276 g/mol. The van der Waals surface area contributed by atoms with Crippen LogP contribution in [0, 0.1) is 0 Å². The molecule has 0 saturated heterocycles. The quantitative estimate of drug-likeness (QED) is 0.644. The maximum atomic E-state index is 11.8. The van der Waals surface area contributed by atoms with E-state index >= 15 is 0 Å². The van der Waals surface area contributed by atoms with Crippen LogP contribution in [-0.2, 0) is 11.2 Å². The van der Waals surface area contributed by atoms with E-state index in [4.69, 9.17) is 0 Å². The minimum atomic E-state index is -0.413. The zero-order valence-corrected chi connectivity index (χ0v) is 13.3. The Morgan fingerprint density at radius 1 is 1.18 bits per heavy atom. The lowest BCUT2D eigenvalue weighted by Gasteiger charge is -2.22. The van der Waals surface area contributed by atoms with Crippen LogP contribution in [0.5, 0.6) is 0 Å². The highest BCUT2D eigenvalue weighted by atomic mass is 16.3. The van der Waals surface area contributed by atoms with Crippen LogP contribution < -0.4 is 10.6 Å². The van der Waals surface area contributed by atoms with Gasteiger partial charge in [-0.3, -0.25) is 4.79 Å². The summed E-state index contributed by atoms with van der Waals surface area (Å²) in [5, 5.41) is 16.2. The number of aliphatic hydroxyl groups excluding tert-OH is 1. The Labute approximate surface area is 133 Å². The highest BCUT2D eigenvalue weighted by molar-refractivity contribution is 5.76. The van der Waals surface area contributed by atoms with Crippen molar-refractivity contribution in [3.8, 4) is 0 Å². The molecule has 0 spiro atoms. The lowest BCUT2D eigenvalue weighted by molar-refractivity contribution is -0.121. The lowest BCUT2D eigenvalue weighted by atomic mass is 9.95. The monoisotopic (exact) mass is 304 g/mol. The molecule has 0 radical (unpaired) electrons. The molecule has 0 aliphatic heterocycles. The molecule has 1 aromatic carbocycles. The molecule has 4 nitrogen and oxygen atoms in total. The zero-order chi connectivity index (χ0) is 15.6. The minimum absolute atomic E-state index is 0.122. The summed E-state index contributed by atoms with van der Waals surface area (Å²) in [6.45, 7) is 1.13. The SMILES string of the molecule is O=C(CCNC[C@@H](O)Cc1ccccc1)NC1CCCCC1. The van der Waals surface area contributed by atoms with Crippen molar-refractivity contribution in [3.63, 3.8) is 0 Å². The molecule has 0 bridgehead atoms. The molecule has 1 aromatic rings. The van der Waals surface area contributed by atoms with Crippen LogP contribution in [0.3, 0.4) is 0 Å². The summed E-state index contributed by atoms with van der Waals surface area (Å²) in [5.74, 6) is 0.122. The Morgan fingerprint density at radius 2 is 1.91 bits per heavy atom. The molecule has 0 heterocycles. The third kappa shape index (κ3) is 6.58. The first-order chi connectivity index (χ1) is 10.7. The first-order valence-corrected chi connectivity index (χ1v) is 8.46. The van der Waals surface area contributed by atoms with Gasteiger partial charge in [-0.1, -0.05) is 49.6 Å². The lowest BCUT2D eigenvalue weighted by Crippen LogP contribution is -2.38. The van der Waals surface area contributed by atoms with Gasteiger partial charge in [-0.05, 0) is 24.8 Å². The van der Waals surface area contributed by atoms with Gasteiger partial charge < -0.3 is 15.7 Å². The van der Waals surface area contributed by atoms with E-state index in [-0.39, 0.29) is 5.91 Å². The summed E-state index contributed by atoms with van der Waals surface area (Å²) in [6, 6.07) is 10.3. The highest BCUT2D eigenvalue weighted by Gasteiger charge is 2.15. The number of carbonyl (C=O) groups excluding carboxylic acids is 1. The van der Waals surface area contributed by atoms with Crippen molar-refractivity contribution in [2.45, 2.75) is 57.1 Å². The molecule has 1 aliphatic rings. The summed E-state index contributed by atoms with van der Waals surface area (Å²) in [7, 11) is 0. The summed E-state index contributed by atoms with van der Waals surface area (Å²) in [5.41, 5.74) is 1.13. The third-order valence-corrected chi connectivity index (χ3v) is 4.19. The van der Waals surface area contributed by atoms with Gasteiger partial charge in [0.05, 0.1) is 6.10 Å². The van der Waals surface area contributed by atoms with E-state index in [1.165, 1.54) is 19.3 Å². The predicted octanol–water partition coefficient (Wildman–Crippen LogP) is 2.02. The number of hydrogen-bond acceptors (Lipinski definition) is 3. The van der Waals surface area contributed by atoms with Crippen molar-refractivity contribution in [1.29, 1.82) is 0 Å². The van der Waals surface area contributed by atoms with Crippen LogP contribution in [0.15, 0.2) is 30.3 Å². The van der Waals surface area contributed by atoms with Gasteiger partial charge >= 0.3 is 0 Å². The number of carbonyl (C=O) groups is 1. The van der Waals surface area contributed by atoms with Crippen molar-refractivity contribution in [2.75, 3.05) is 13.1 Å². The van der Waals surface area contributed by atoms with Crippen molar-refractivity contribution >= 4 is 5.91 Å². The molecule has 22 heavy (non-hydrogen) atoms. The van der Waals surface area contributed by atoms with Crippen LogP contribution in [0.25, 0.3) is 0 Å². The summed E-state index contributed by atoms with van der Waals surface area (Å²) in [6.07, 6.45) is 6.71. The van der Waals surface area contributed by atoms with Crippen molar-refractivity contribution in [2.24, 2.45) is 0 Å². The number of rotatable bonds is 8. The molecule has 122 valence electrons. The largest absolute Gasteiger partial charge is 0.391 e. The number of hydrogen-bond donors (Lipinski definition) is 3. The molecule has 1 fully saturated rings. The van der Waals surface area contributed by atoms with Gasteiger partial charge in [-0.25, -0.2) is 0 Å². The van der Waals surface area contributed by atoms with Gasteiger partial charge in [0.1, 0.15) is 0 Å². The Balaban J connectivity index is 1.53. The van der Waals surface area contributed by atoms with E-state index in [2.05, 4.69) is 10.6 Å². The zero-order valence-electron chi connectivity index (χ0n) is 13.3. The van der Waals surface area contributed by atoms with Crippen molar-refractivity contribution in [1.82, 2.24) is 10.6 Å². The molecule has 3 N–H and O–H groups in total. The molecule has 1 saturated carbocycles. The number of nitrogens with one attached hydrogen (secondary N) is 2. The van der Waals surface area contributed by atoms with E-state index in [9.17, 15) is 9.90 Å². The van der Waals surface area contributed by atoms with Crippen LogP contribution in [0.1, 0.15) is 44.1 Å². The standard InChI is InChI=1S/C18H28N2O2/c21-17(13-15-7-3-1-4-8-15)14-19-12-11-18(22)20-16-9-5-2-6-10-16/h1,3-4,7-8,16-17,19,21H,2,5-6,9-14H2,(H,20,22)/t17-/m0/s1. The average molecular weight is 304 g/mol. The molecular formula is C18H28N2O2. The third-order valence-electron chi connectivity index (χ3n) is 4.19. The van der Waals surface area contributed by atoms with Crippen molar-refractivity contribution in [3.05, 3.63) is 35.9 Å². The smallest absolute Gasteiger partial charge is 0.221 e. The summed E-state index contributed by atoms with van der Waals surface area (Å²) < 4.78 is 0. The fraction of sp³-hybridized carbons (Fsp3) is 0.611. The Hall–Kier alpha value is -1.39. The number of benzene rings is 1. The molecule has 1 amide bonds. The maximum Gasteiger partial charge on any atom is 0.221 e. The van der Waals surface area contributed by atoms with Crippen LogP contribution in [-0.4, -0.2) is 36.2 Å².